The van der Waals surface area contributed by atoms with Gasteiger partial charge in [0, 0.05) is 43.7 Å². The number of alkyl halides is 3. The number of hydrogen-bond acceptors (Lipinski definition) is 6. The summed E-state index contributed by atoms with van der Waals surface area (Å²) in [4.78, 5) is 9.74. The molecule has 0 amide bonds. The Morgan fingerprint density at radius 2 is 1.67 bits per heavy atom. The average molecular weight is 488 g/mol. The summed E-state index contributed by atoms with van der Waals surface area (Å²) < 4.78 is 65.5. The molecule has 0 aromatic carbocycles. The molecular formula is C22H32F3N5O2S. The molecule has 2 saturated carbocycles. The Morgan fingerprint density at radius 3 is 2.30 bits per heavy atom. The first-order valence-electron chi connectivity index (χ1n) is 11.9. The maximum Gasteiger partial charge on any atom is 0.451 e. The minimum Gasteiger partial charge on any atom is -0.367 e. The molecule has 1 aromatic heterocycles. The van der Waals surface area contributed by atoms with Crippen molar-refractivity contribution in [1.82, 2.24) is 14.3 Å². The van der Waals surface area contributed by atoms with Crippen LogP contribution in [0.3, 0.4) is 0 Å². The number of hydrogen-bond donors (Lipinski definition) is 1. The summed E-state index contributed by atoms with van der Waals surface area (Å²) in [5.41, 5.74) is 0.146. The molecular weight excluding hydrogens is 455 g/mol. The van der Waals surface area contributed by atoms with Gasteiger partial charge in [-0.1, -0.05) is 19.3 Å². The van der Waals surface area contributed by atoms with Crippen LogP contribution in [0.5, 0.6) is 0 Å². The molecule has 0 radical (unpaired) electrons. The number of aromatic nitrogens is 2. The quantitative estimate of drug-likeness (QED) is 0.695. The molecule has 1 aromatic rings. The van der Waals surface area contributed by atoms with Crippen LogP contribution in [0.2, 0.25) is 0 Å². The van der Waals surface area contributed by atoms with E-state index in [2.05, 4.69) is 15.3 Å². The van der Waals surface area contributed by atoms with Crippen LogP contribution in [0.4, 0.5) is 24.8 Å². The van der Waals surface area contributed by atoms with E-state index in [1.807, 2.05) is 4.90 Å². The highest BCUT2D eigenvalue weighted by atomic mass is 32.2. The van der Waals surface area contributed by atoms with Gasteiger partial charge in [-0.15, -0.1) is 0 Å². The van der Waals surface area contributed by atoms with Crippen molar-refractivity contribution in [2.45, 2.75) is 70.0 Å². The second-order valence-electron chi connectivity index (χ2n) is 10.8. The first kappa shape index (κ1) is 23.1. The van der Waals surface area contributed by atoms with Crippen LogP contribution >= 0.6 is 0 Å². The predicted molar refractivity (Wildman–Crippen MR) is 119 cm³/mol. The van der Waals surface area contributed by atoms with Crippen molar-refractivity contribution in [3.05, 3.63) is 11.9 Å². The van der Waals surface area contributed by atoms with Crippen LogP contribution in [-0.4, -0.2) is 61.2 Å². The standard InChI is InChI=1S/C22H32F3N5O2S/c1-33(31,32)30-14-21(15-30)11-16(12-21)26-17-10-18(28-19(27-17)22(23,24)25)29-9-5-8-20(13-29)6-3-2-4-7-20/h10,16H,2-9,11-15H2,1H3,(H,26,27,28). The molecule has 1 N–H and O–H groups in total. The van der Waals surface area contributed by atoms with Crippen molar-refractivity contribution in [3.63, 3.8) is 0 Å². The van der Waals surface area contributed by atoms with Crippen molar-refractivity contribution < 1.29 is 21.6 Å². The first-order valence-corrected chi connectivity index (χ1v) is 13.7. The second-order valence-corrected chi connectivity index (χ2v) is 12.8. The first-order chi connectivity index (χ1) is 15.5. The van der Waals surface area contributed by atoms with Crippen LogP contribution in [0.25, 0.3) is 0 Å². The van der Waals surface area contributed by atoms with Gasteiger partial charge in [-0.3, -0.25) is 0 Å². The third kappa shape index (κ3) is 4.67. The van der Waals surface area contributed by atoms with Gasteiger partial charge < -0.3 is 10.2 Å². The predicted octanol–water partition coefficient (Wildman–Crippen LogP) is 3.88. The molecule has 0 bridgehead atoms. The zero-order valence-electron chi connectivity index (χ0n) is 19.0. The van der Waals surface area contributed by atoms with E-state index in [4.69, 9.17) is 0 Å². The minimum absolute atomic E-state index is 0.0124. The molecule has 5 rings (SSSR count). The van der Waals surface area contributed by atoms with E-state index >= 15 is 0 Å². The summed E-state index contributed by atoms with van der Waals surface area (Å²) in [7, 11) is -3.18. The molecule has 0 unspecified atom stereocenters. The minimum atomic E-state index is -4.62. The van der Waals surface area contributed by atoms with Crippen molar-refractivity contribution in [3.8, 4) is 0 Å². The highest BCUT2D eigenvalue weighted by Crippen LogP contribution is 2.50. The number of rotatable bonds is 4. The Hall–Kier alpha value is -1.62. The molecule has 3 heterocycles. The smallest absolute Gasteiger partial charge is 0.367 e. The summed E-state index contributed by atoms with van der Waals surface area (Å²) in [5.74, 6) is -0.549. The molecule has 33 heavy (non-hydrogen) atoms. The summed E-state index contributed by atoms with van der Waals surface area (Å²) >= 11 is 0. The number of sulfonamides is 1. The number of anilines is 2. The summed E-state index contributed by atoms with van der Waals surface area (Å²) in [6.45, 7) is 2.45. The van der Waals surface area contributed by atoms with Gasteiger partial charge in [0.2, 0.25) is 15.8 Å². The van der Waals surface area contributed by atoms with Gasteiger partial charge in [0.25, 0.3) is 0 Å². The van der Waals surface area contributed by atoms with Crippen LogP contribution in [0.1, 0.15) is 63.6 Å². The van der Waals surface area contributed by atoms with Gasteiger partial charge in [-0.05, 0) is 43.9 Å². The normalized spacial score (nSPS) is 25.6. The van der Waals surface area contributed by atoms with Crippen LogP contribution in [0, 0.1) is 10.8 Å². The Bertz CT molecular complexity index is 990. The van der Waals surface area contributed by atoms with Gasteiger partial charge in [-0.2, -0.15) is 13.2 Å². The van der Waals surface area contributed by atoms with Crippen LogP contribution in [-0.2, 0) is 16.2 Å². The van der Waals surface area contributed by atoms with Gasteiger partial charge >= 0.3 is 6.18 Å². The lowest BCUT2D eigenvalue weighted by Gasteiger charge is -2.58. The SMILES string of the molecule is CS(=O)(=O)N1CC2(CC(Nc3cc(N4CCCC5(CCCCC5)C4)nc(C(F)(F)F)n3)C2)C1. The zero-order chi connectivity index (χ0) is 23.5. The molecule has 2 aliphatic heterocycles. The van der Waals surface area contributed by atoms with Crippen molar-refractivity contribution in [1.29, 1.82) is 0 Å². The highest BCUT2D eigenvalue weighted by molar-refractivity contribution is 7.88. The maximum absolute atomic E-state index is 13.6. The Kier molecular flexibility index (Phi) is 5.58. The Morgan fingerprint density at radius 1 is 1.00 bits per heavy atom. The lowest BCUT2D eigenvalue weighted by atomic mass is 9.61. The third-order valence-corrected chi connectivity index (χ3v) is 9.27. The summed E-state index contributed by atoms with van der Waals surface area (Å²) in [6.07, 6.45) is 6.06. The van der Waals surface area contributed by atoms with E-state index in [1.165, 1.54) is 29.8 Å². The summed E-state index contributed by atoms with van der Waals surface area (Å²) in [6, 6.07) is 1.65. The lowest BCUT2D eigenvalue weighted by Crippen LogP contribution is -2.65. The number of halogens is 3. The molecule has 11 heteroatoms. The van der Waals surface area contributed by atoms with Crippen LogP contribution < -0.4 is 10.2 Å². The average Bonchev–Trinajstić information content (AvgIpc) is 2.67. The molecule has 4 fully saturated rings. The molecule has 184 valence electrons. The van der Waals surface area contributed by atoms with E-state index in [-0.39, 0.29) is 22.7 Å². The van der Waals surface area contributed by atoms with Gasteiger partial charge in [0.15, 0.2) is 0 Å². The largest absolute Gasteiger partial charge is 0.451 e. The Labute approximate surface area is 193 Å². The molecule has 2 spiro atoms. The Balaban J connectivity index is 1.30. The molecule has 0 atom stereocenters. The molecule has 4 aliphatic rings. The fraction of sp³-hybridized carbons (Fsp3) is 0.818. The molecule has 2 aliphatic carbocycles. The second kappa shape index (κ2) is 7.96. The van der Waals surface area contributed by atoms with E-state index in [9.17, 15) is 21.6 Å². The van der Waals surface area contributed by atoms with E-state index in [1.54, 1.807) is 6.07 Å². The molecule has 2 saturated heterocycles. The van der Waals surface area contributed by atoms with Crippen LogP contribution in [0.15, 0.2) is 6.07 Å². The monoisotopic (exact) mass is 487 g/mol. The lowest BCUT2D eigenvalue weighted by molar-refractivity contribution is -0.144. The number of nitrogens with one attached hydrogen (secondary N) is 1. The fourth-order valence-corrected chi connectivity index (χ4v) is 7.42. The van der Waals surface area contributed by atoms with Crippen molar-refractivity contribution in [2.24, 2.45) is 10.8 Å². The number of nitrogens with zero attached hydrogens (tertiary/aromatic N) is 4. The topological polar surface area (TPSA) is 78.4 Å². The summed E-state index contributed by atoms with van der Waals surface area (Å²) in [5, 5.41) is 3.17. The van der Waals surface area contributed by atoms with Crippen molar-refractivity contribution >= 4 is 21.7 Å². The van der Waals surface area contributed by atoms with E-state index < -0.39 is 22.0 Å². The molecule has 7 nitrogen and oxygen atoms in total. The van der Waals surface area contributed by atoms with Gasteiger partial charge in [0.05, 0.1) is 6.26 Å². The highest BCUT2D eigenvalue weighted by Gasteiger charge is 2.54. The third-order valence-electron chi connectivity index (χ3n) is 8.07. The van der Waals surface area contributed by atoms with Gasteiger partial charge in [0.1, 0.15) is 11.6 Å². The van der Waals surface area contributed by atoms with Gasteiger partial charge in [-0.25, -0.2) is 22.7 Å². The fourth-order valence-electron chi connectivity index (χ4n) is 6.40. The van der Waals surface area contributed by atoms with Crippen molar-refractivity contribution in [2.75, 3.05) is 42.7 Å². The maximum atomic E-state index is 13.6. The zero-order valence-corrected chi connectivity index (χ0v) is 19.8. The van der Waals surface area contributed by atoms with E-state index in [0.717, 1.165) is 45.1 Å². The number of piperidine rings is 1. The van der Waals surface area contributed by atoms with E-state index in [0.29, 0.717) is 25.5 Å².